The molecule has 226 valence electrons. The summed E-state index contributed by atoms with van der Waals surface area (Å²) in [6, 6.07) is 14.5. The van der Waals surface area contributed by atoms with Crippen molar-refractivity contribution in [1.82, 2.24) is 10.2 Å². The van der Waals surface area contributed by atoms with E-state index in [2.05, 4.69) is 5.32 Å². The molecule has 3 aromatic carbocycles. The van der Waals surface area contributed by atoms with Gasteiger partial charge in [0.25, 0.3) is 10.0 Å². The topological polar surface area (TPSA) is 96.0 Å². The Hall–Kier alpha value is -3.77. The predicted molar refractivity (Wildman–Crippen MR) is 154 cm³/mol. The minimum absolute atomic E-state index is 0.106. The van der Waals surface area contributed by atoms with E-state index >= 15 is 0 Å². The molecule has 0 aliphatic heterocycles. The van der Waals surface area contributed by atoms with Gasteiger partial charge in [0.1, 0.15) is 18.3 Å². The standard InChI is InChI=1S/C29H31ClF3N3O5S/c1-19(2)34-28(38)20(3)35(17-21-10-13-23(41-4)14-11-21)27(37)18-36(42(39,40)24-8-6-5-7-9-24)26-16-22(29(31,32)33)12-15-25(26)30/h5-16,19-20H,17-18H2,1-4H3,(H,34,38). The number of methoxy groups -OCH3 is 1. The van der Waals surface area contributed by atoms with Crippen molar-refractivity contribution in [2.75, 3.05) is 18.0 Å². The van der Waals surface area contributed by atoms with E-state index in [0.717, 1.165) is 17.0 Å². The highest BCUT2D eigenvalue weighted by atomic mass is 35.5. The summed E-state index contributed by atoms with van der Waals surface area (Å²) in [7, 11) is -3.11. The van der Waals surface area contributed by atoms with Crippen molar-refractivity contribution in [2.45, 2.75) is 50.5 Å². The van der Waals surface area contributed by atoms with Crippen LogP contribution in [0.25, 0.3) is 0 Å². The summed E-state index contributed by atoms with van der Waals surface area (Å²) in [5, 5.41) is 2.41. The van der Waals surface area contributed by atoms with E-state index in [1.165, 1.54) is 38.3 Å². The van der Waals surface area contributed by atoms with Crippen LogP contribution in [0.2, 0.25) is 5.02 Å². The number of nitrogens with zero attached hydrogens (tertiary/aromatic N) is 2. The summed E-state index contributed by atoms with van der Waals surface area (Å²) in [6.45, 7) is 3.92. The first-order valence-electron chi connectivity index (χ1n) is 12.8. The van der Waals surface area contributed by atoms with Crippen LogP contribution in [-0.2, 0) is 32.3 Å². The van der Waals surface area contributed by atoms with Crippen molar-refractivity contribution in [2.24, 2.45) is 0 Å². The molecule has 13 heteroatoms. The lowest BCUT2D eigenvalue weighted by atomic mass is 10.1. The third-order valence-electron chi connectivity index (χ3n) is 6.26. The Kier molecular flexibility index (Phi) is 10.5. The quantitative estimate of drug-likeness (QED) is 0.303. The van der Waals surface area contributed by atoms with Crippen LogP contribution in [0, 0.1) is 0 Å². The minimum atomic E-state index is -4.81. The molecular weight excluding hydrogens is 595 g/mol. The normalized spacial score (nSPS) is 12.5. The molecule has 0 bridgehead atoms. The van der Waals surface area contributed by atoms with Crippen molar-refractivity contribution in [1.29, 1.82) is 0 Å². The van der Waals surface area contributed by atoms with Gasteiger partial charge in [0.05, 0.1) is 28.3 Å². The fraction of sp³-hybridized carbons (Fsp3) is 0.310. The molecule has 3 aromatic rings. The van der Waals surface area contributed by atoms with E-state index in [-0.39, 0.29) is 22.5 Å². The van der Waals surface area contributed by atoms with Crippen LogP contribution < -0.4 is 14.4 Å². The molecule has 0 saturated carbocycles. The van der Waals surface area contributed by atoms with Crippen LogP contribution in [0.15, 0.2) is 77.7 Å². The number of hydrogen-bond donors (Lipinski definition) is 1. The van der Waals surface area contributed by atoms with Crippen molar-refractivity contribution in [3.63, 3.8) is 0 Å². The van der Waals surface area contributed by atoms with Gasteiger partial charge in [-0.3, -0.25) is 13.9 Å². The van der Waals surface area contributed by atoms with Crippen LogP contribution in [0.5, 0.6) is 5.75 Å². The van der Waals surface area contributed by atoms with E-state index in [1.54, 1.807) is 44.2 Å². The summed E-state index contributed by atoms with van der Waals surface area (Å²) in [6.07, 6.45) is -4.81. The van der Waals surface area contributed by atoms with E-state index in [9.17, 15) is 31.2 Å². The molecule has 1 atom stereocenters. The summed E-state index contributed by atoms with van der Waals surface area (Å²) in [5.41, 5.74) is -1.09. The average molecular weight is 626 g/mol. The number of anilines is 1. The largest absolute Gasteiger partial charge is 0.497 e. The van der Waals surface area contributed by atoms with Gasteiger partial charge < -0.3 is 15.0 Å². The Balaban J connectivity index is 2.12. The van der Waals surface area contributed by atoms with Gasteiger partial charge >= 0.3 is 6.18 Å². The Morgan fingerprint density at radius 2 is 1.60 bits per heavy atom. The average Bonchev–Trinajstić information content (AvgIpc) is 2.94. The van der Waals surface area contributed by atoms with Crippen LogP contribution in [0.3, 0.4) is 0 Å². The SMILES string of the molecule is COc1ccc(CN(C(=O)CN(c2cc(C(F)(F)F)ccc2Cl)S(=O)(=O)c2ccccc2)C(C)C(=O)NC(C)C)cc1. The first kappa shape index (κ1) is 32.7. The molecule has 0 spiro atoms. The highest BCUT2D eigenvalue weighted by molar-refractivity contribution is 7.92. The van der Waals surface area contributed by atoms with E-state index in [0.29, 0.717) is 21.7 Å². The summed E-state index contributed by atoms with van der Waals surface area (Å²) < 4.78 is 74.2. The van der Waals surface area contributed by atoms with Gasteiger partial charge in [0, 0.05) is 12.6 Å². The molecule has 0 radical (unpaired) electrons. The van der Waals surface area contributed by atoms with Gasteiger partial charge in [-0.1, -0.05) is 41.9 Å². The highest BCUT2D eigenvalue weighted by Gasteiger charge is 2.36. The fourth-order valence-electron chi connectivity index (χ4n) is 4.03. The lowest BCUT2D eigenvalue weighted by Crippen LogP contribution is -2.52. The molecular formula is C29H31ClF3N3O5S. The van der Waals surface area contributed by atoms with Gasteiger partial charge in [0.2, 0.25) is 11.8 Å². The van der Waals surface area contributed by atoms with E-state index in [4.69, 9.17) is 16.3 Å². The number of nitrogens with one attached hydrogen (secondary N) is 1. The number of ether oxygens (including phenoxy) is 1. The summed E-state index contributed by atoms with van der Waals surface area (Å²) >= 11 is 6.25. The second kappa shape index (κ2) is 13.5. The van der Waals surface area contributed by atoms with Gasteiger partial charge in [-0.05, 0) is 68.8 Å². The lowest BCUT2D eigenvalue weighted by Gasteiger charge is -2.32. The molecule has 0 aromatic heterocycles. The van der Waals surface area contributed by atoms with Crippen molar-refractivity contribution >= 4 is 39.1 Å². The maximum Gasteiger partial charge on any atom is 0.416 e. The first-order chi connectivity index (χ1) is 19.6. The second-order valence-electron chi connectivity index (χ2n) is 9.70. The van der Waals surface area contributed by atoms with Gasteiger partial charge in [-0.25, -0.2) is 8.42 Å². The van der Waals surface area contributed by atoms with Crippen LogP contribution >= 0.6 is 11.6 Å². The molecule has 3 rings (SSSR count). The van der Waals surface area contributed by atoms with Crippen molar-refractivity contribution < 1.29 is 35.9 Å². The van der Waals surface area contributed by atoms with Gasteiger partial charge in [0.15, 0.2) is 0 Å². The van der Waals surface area contributed by atoms with Crippen LogP contribution in [-0.4, -0.2) is 50.9 Å². The molecule has 42 heavy (non-hydrogen) atoms. The molecule has 8 nitrogen and oxygen atoms in total. The van der Waals surface area contributed by atoms with E-state index < -0.39 is 51.9 Å². The lowest BCUT2D eigenvalue weighted by molar-refractivity contribution is -0.139. The number of rotatable bonds is 11. The smallest absolute Gasteiger partial charge is 0.416 e. The Morgan fingerprint density at radius 3 is 2.14 bits per heavy atom. The second-order valence-corrected chi connectivity index (χ2v) is 12.0. The number of amides is 2. The molecule has 0 aliphatic rings. The van der Waals surface area contributed by atoms with Crippen LogP contribution in [0.4, 0.5) is 18.9 Å². The number of carbonyl (C=O) groups excluding carboxylic acids is 2. The minimum Gasteiger partial charge on any atom is -0.497 e. The fourth-order valence-corrected chi connectivity index (χ4v) is 5.74. The Bertz CT molecular complexity index is 1500. The summed E-state index contributed by atoms with van der Waals surface area (Å²) in [4.78, 5) is 27.8. The number of sulfonamides is 1. The van der Waals surface area contributed by atoms with Crippen LogP contribution in [0.1, 0.15) is 31.9 Å². The zero-order valence-corrected chi connectivity index (χ0v) is 24.9. The first-order valence-corrected chi connectivity index (χ1v) is 14.6. The molecule has 0 heterocycles. The molecule has 2 amide bonds. The zero-order valence-electron chi connectivity index (χ0n) is 23.4. The van der Waals surface area contributed by atoms with Crippen molar-refractivity contribution in [3.8, 4) is 5.75 Å². The van der Waals surface area contributed by atoms with E-state index in [1.807, 2.05) is 0 Å². The number of benzene rings is 3. The Labute approximate surface area is 248 Å². The number of alkyl halides is 3. The van der Waals surface area contributed by atoms with Gasteiger partial charge in [-0.15, -0.1) is 0 Å². The predicted octanol–water partition coefficient (Wildman–Crippen LogP) is 5.50. The maximum absolute atomic E-state index is 13.9. The number of halogens is 4. The zero-order chi connectivity index (χ0) is 31.2. The molecule has 0 aliphatic carbocycles. The number of carbonyl (C=O) groups is 2. The molecule has 0 saturated heterocycles. The third kappa shape index (κ3) is 7.95. The summed E-state index contributed by atoms with van der Waals surface area (Å²) in [5.74, 6) is -0.784. The third-order valence-corrected chi connectivity index (χ3v) is 8.36. The Morgan fingerprint density at radius 1 is 0.976 bits per heavy atom. The van der Waals surface area contributed by atoms with Gasteiger partial charge in [-0.2, -0.15) is 13.2 Å². The molecule has 1 unspecified atom stereocenters. The maximum atomic E-state index is 13.9. The molecule has 0 fully saturated rings. The van der Waals surface area contributed by atoms with Crippen molar-refractivity contribution in [3.05, 3.63) is 88.9 Å². The monoisotopic (exact) mass is 625 g/mol. The number of hydrogen-bond acceptors (Lipinski definition) is 5. The molecule has 1 N–H and O–H groups in total. The highest BCUT2D eigenvalue weighted by Crippen LogP contribution is 2.37.